The Morgan fingerprint density at radius 3 is 2.45 bits per heavy atom. The number of nitrogens with zero attached hydrogens (tertiary/aromatic N) is 4. The fraction of sp³-hybridized carbons (Fsp3) is 0.524. The molecule has 1 fully saturated rings. The first-order chi connectivity index (χ1) is 15.3. The molecule has 33 heavy (non-hydrogen) atoms. The third-order valence-electron chi connectivity index (χ3n) is 4.82. The van der Waals surface area contributed by atoms with Gasteiger partial charge in [-0.25, -0.2) is 4.79 Å². The summed E-state index contributed by atoms with van der Waals surface area (Å²) in [6.45, 7) is 6.17. The zero-order chi connectivity index (χ0) is 24.4. The van der Waals surface area contributed by atoms with Crippen molar-refractivity contribution in [1.29, 1.82) is 0 Å². The highest BCUT2D eigenvalue weighted by Crippen LogP contribution is 2.30. The van der Waals surface area contributed by atoms with Gasteiger partial charge in [0.25, 0.3) is 0 Å². The summed E-state index contributed by atoms with van der Waals surface area (Å²) in [5.41, 5.74) is 0.140. The molecule has 2 heterocycles. The van der Waals surface area contributed by atoms with E-state index >= 15 is 0 Å². The van der Waals surface area contributed by atoms with Crippen LogP contribution in [-0.4, -0.2) is 65.5 Å². The lowest BCUT2D eigenvalue weighted by atomic mass is 10.1. The SMILES string of the molecule is CN(C(=O)C[C@H]1COCCN1C(=O)OC(C)(C)C)c1ccc(-c2noc(C(F)(F)F)n2)cc1. The molecule has 0 aliphatic carbocycles. The molecule has 0 saturated carbocycles. The van der Waals surface area contributed by atoms with Crippen LogP contribution in [0.15, 0.2) is 28.8 Å². The van der Waals surface area contributed by atoms with Gasteiger partial charge in [0.05, 0.1) is 19.3 Å². The van der Waals surface area contributed by atoms with E-state index < -0.39 is 29.8 Å². The Bertz CT molecular complexity index is 985. The lowest BCUT2D eigenvalue weighted by molar-refractivity contribution is -0.159. The largest absolute Gasteiger partial charge is 0.471 e. The number of alkyl halides is 3. The second-order valence-corrected chi connectivity index (χ2v) is 8.53. The van der Waals surface area contributed by atoms with Crippen LogP contribution in [0.2, 0.25) is 0 Å². The molecule has 2 amide bonds. The van der Waals surface area contributed by atoms with Gasteiger partial charge in [-0.05, 0) is 45.0 Å². The van der Waals surface area contributed by atoms with Gasteiger partial charge in [-0.15, -0.1) is 0 Å². The van der Waals surface area contributed by atoms with Crippen LogP contribution in [0.1, 0.15) is 33.1 Å². The second kappa shape index (κ2) is 9.38. The zero-order valence-corrected chi connectivity index (χ0v) is 18.7. The summed E-state index contributed by atoms with van der Waals surface area (Å²) in [5.74, 6) is -1.92. The molecular formula is C21H25F3N4O5. The summed E-state index contributed by atoms with van der Waals surface area (Å²) in [6, 6.07) is 5.60. The van der Waals surface area contributed by atoms with Gasteiger partial charge in [0.2, 0.25) is 11.7 Å². The first-order valence-corrected chi connectivity index (χ1v) is 10.2. The summed E-state index contributed by atoms with van der Waals surface area (Å²) in [4.78, 5) is 31.6. The monoisotopic (exact) mass is 470 g/mol. The molecule has 9 nitrogen and oxygen atoms in total. The Kier molecular flexibility index (Phi) is 6.96. The Balaban J connectivity index is 1.66. The van der Waals surface area contributed by atoms with Crippen molar-refractivity contribution in [3.63, 3.8) is 0 Å². The molecule has 1 atom stereocenters. The summed E-state index contributed by atoms with van der Waals surface area (Å²) >= 11 is 0. The van der Waals surface area contributed by atoms with E-state index in [0.717, 1.165) is 0 Å². The fourth-order valence-corrected chi connectivity index (χ4v) is 3.16. The number of rotatable bonds is 4. The minimum Gasteiger partial charge on any atom is -0.444 e. The van der Waals surface area contributed by atoms with Gasteiger partial charge in [0.1, 0.15) is 5.60 Å². The van der Waals surface area contributed by atoms with Gasteiger partial charge < -0.3 is 23.8 Å². The maximum absolute atomic E-state index is 12.9. The van der Waals surface area contributed by atoms with Crippen LogP contribution in [0.5, 0.6) is 0 Å². The Morgan fingerprint density at radius 1 is 1.21 bits per heavy atom. The quantitative estimate of drug-likeness (QED) is 0.671. The number of aromatic nitrogens is 2. The zero-order valence-electron chi connectivity index (χ0n) is 18.7. The van der Waals surface area contributed by atoms with Crippen molar-refractivity contribution >= 4 is 17.7 Å². The standard InChI is InChI=1S/C21H25F3N4O5/c1-20(2,3)32-19(30)28-9-10-31-12-15(28)11-16(29)27(4)14-7-5-13(6-8-14)17-25-18(33-26-17)21(22,23)24/h5-8,15H,9-12H2,1-4H3/t15-/m0/s1. The number of amides is 2. The molecule has 180 valence electrons. The lowest BCUT2D eigenvalue weighted by Crippen LogP contribution is -2.52. The first-order valence-electron chi connectivity index (χ1n) is 10.2. The van der Waals surface area contributed by atoms with Crippen molar-refractivity contribution in [2.45, 2.75) is 45.0 Å². The number of hydrogen-bond acceptors (Lipinski definition) is 7. The third kappa shape index (κ3) is 6.21. The van der Waals surface area contributed by atoms with Crippen LogP contribution in [0.3, 0.4) is 0 Å². The Labute approximate surface area is 188 Å². The number of hydrogen-bond donors (Lipinski definition) is 0. The normalized spacial score (nSPS) is 17.1. The molecule has 0 unspecified atom stereocenters. The number of halogens is 3. The van der Waals surface area contributed by atoms with E-state index in [1.165, 1.54) is 21.9 Å². The van der Waals surface area contributed by atoms with Crippen molar-refractivity contribution in [2.24, 2.45) is 0 Å². The average molecular weight is 470 g/mol. The molecule has 1 saturated heterocycles. The van der Waals surface area contributed by atoms with Gasteiger partial charge in [-0.1, -0.05) is 5.16 Å². The van der Waals surface area contributed by atoms with Crippen molar-refractivity contribution < 1.29 is 36.8 Å². The Hall–Kier alpha value is -3.15. The summed E-state index contributed by atoms with van der Waals surface area (Å²) in [6.07, 6.45) is -5.22. The van der Waals surface area contributed by atoms with Crippen molar-refractivity contribution in [1.82, 2.24) is 15.0 Å². The maximum atomic E-state index is 12.9. The highest BCUT2D eigenvalue weighted by atomic mass is 19.4. The van der Waals surface area contributed by atoms with E-state index in [4.69, 9.17) is 9.47 Å². The van der Waals surface area contributed by atoms with E-state index in [0.29, 0.717) is 24.4 Å². The molecule has 1 aromatic carbocycles. The van der Waals surface area contributed by atoms with Crippen LogP contribution < -0.4 is 4.90 Å². The predicted molar refractivity (Wildman–Crippen MR) is 110 cm³/mol. The van der Waals surface area contributed by atoms with Gasteiger partial charge in [-0.3, -0.25) is 4.79 Å². The van der Waals surface area contributed by atoms with Crippen LogP contribution in [0.4, 0.5) is 23.7 Å². The molecule has 3 rings (SSSR count). The number of carbonyl (C=O) groups is 2. The first kappa shape index (κ1) is 24.5. The average Bonchev–Trinajstić information content (AvgIpc) is 3.23. The highest BCUT2D eigenvalue weighted by Gasteiger charge is 2.38. The Morgan fingerprint density at radius 2 is 1.88 bits per heavy atom. The number of benzene rings is 1. The summed E-state index contributed by atoms with van der Waals surface area (Å²) in [7, 11) is 1.56. The molecular weight excluding hydrogens is 445 g/mol. The fourth-order valence-electron chi connectivity index (χ4n) is 3.16. The number of morpholine rings is 1. The molecule has 1 aromatic heterocycles. The van der Waals surface area contributed by atoms with Crippen LogP contribution in [0, 0.1) is 0 Å². The van der Waals surface area contributed by atoms with Gasteiger partial charge in [-0.2, -0.15) is 18.2 Å². The minimum absolute atomic E-state index is 0.0112. The number of anilines is 1. The van der Waals surface area contributed by atoms with E-state index in [1.54, 1.807) is 40.0 Å². The molecule has 0 N–H and O–H groups in total. The van der Waals surface area contributed by atoms with Gasteiger partial charge in [0, 0.05) is 31.3 Å². The number of ether oxygens (including phenoxy) is 2. The lowest BCUT2D eigenvalue weighted by Gasteiger charge is -2.36. The summed E-state index contributed by atoms with van der Waals surface area (Å²) < 4.78 is 53.0. The molecule has 0 spiro atoms. The van der Waals surface area contributed by atoms with Crippen LogP contribution in [-0.2, 0) is 20.4 Å². The smallest absolute Gasteiger partial charge is 0.444 e. The molecule has 0 radical (unpaired) electrons. The second-order valence-electron chi connectivity index (χ2n) is 8.53. The molecule has 0 bridgehead atoms. The van der Waals surface area contributed by atoms with Crippen molar-refractivity contribution in [3.05, 3.63) is 30.2 Å². The maximum Gasteiger partial charge on any atom is 0.471 e. The van der Waals surface area contributed by atoms with E-state index in [9.17, 15) is 22.8 Å². The highest BCUT2D eigenvalue weighted by molar-refractivity contribution is 5.93. The third-order valence-corrected chi connectivity index (χ3v) is 4.82. The van der Waals surface area contributed by atoms with E-state index in [-0.39, 0.29) is 24.8 Å². The van der Waals surface area contributed by atoms with Gasteiger partial charge >= 0.3 is 18.2 Å². The van der Waals surface area contributed by atoms with Crippen molar-refractivity contribution in [2.75, 3.05) is 31.7 Å². The summed E-state index contributed by atoms with van der Waals surface area (Å²) in [5, 5.41) is 3.34. The minimum atomic E-state index is -4.73. The van der Waals surface area contributed by atoms with E-state index in [1.807, 2.05) is 0 Å². The molecule has 2 aromatic rings. The van der Waals surface area contributed by atoms with Crippen LogP contribution >= 0.6 is 0 Å². The molecule has 12 heteroatoms. The van der Waals surface area contributed by atoms with E-state index in [2.05, 4.69) is 14.7 Å². The molecule has 1 aliphatic rings. The topological polar surface area (TPSA) is 98.0 Å². The number of carbonyl (C=O) groups excluding carboxylic acids is 2. The van der Waals surface area contributed by atoms with Crippen LogP contribution in [0.25, 0.3) is 11.4 Å². The van der Waals surface area contributed by atoms with Crippen molar-refractivity contribution in [3.8, 4) is 11.4 Å². The molecule has 1 aliphatic heterocycles. The van der Waals surface area contributed by atoms with Gasteiger partial charge in [0.15, 0.2) is 0 Å². The predicted octanol–water partition coefficient (Wildman–Crippen LogP) is 3.74.